The van der Waals surface area contributed by atoms with Crippen molar-refractivity contribution in [2.24, 2.45) is 0 Å². The molecule has 0 fully saturated rings. The van der Waals surface area contributed by atoms with Crippen molar-refractivity contribution in [3.05, 3.63) is 45.6 Å². The van der Waals surface area contributed by atoms with Gasteiger partial charge in [0, 0.05) is 4.47 Å². The Hall–Kier alpha value is -1.01. The molecule has 6 heteroatoms. The molecule has 0 saturated carbocycles. The first-order valence-corrected chi connectivity index (χ1v) is 7.07. The van der Waals surface area contributed by atoms with Crippen LogP contribution in [0.2, 0.25) is 0 Å². The van der Waals surface area contributed by atoms with Crippen LogP contribution in [0.15, 0.2) is 34.5 Å². The predicted octanol–water partition coefficient (Wildman–Crippen LogP) is 4.42. The molecule has 1 atom stereocenters. The molecule has 0 amide bonds. The Labute approximate surface area is 124 Å². The SMILES string of the molecule is CNC(C1=COCCC1)c1ccc(Br)cc1C(F)(F)F. The fourth-order valence-corrected chi connectivity index (χ4v) is 2.72. The van der Waals surface area contributed by atoms with Gasteiger partial charge in [-0.15, -0.1) is 0 Å². The molecule has 0 bridgehead atoms. The second-order valence-electron chi connectivity index (χ2n) is 4.62. The molecule has 0 radical (unpaired) electrons. The van der Waals surface area contributed by atoms with Crippen molar-refractivity contribution in [2.45, 2.75) is 25.1 Å². The van der Waals surface area contributed by atoms with Crippen LogP contribution in [0.5, 0.6) is 0 Å². The van der Waals surface area contributed by atoms with Crippen molar-refractivity contribution < 1.29 is 17.9 Å². The first kappa shape index (κ1) is 15.4. The lowest BCUT2D eigenvalue weighted by Gasteiger charge is -2.26. The van der Waals surface area contributed by atoms with Crippen LogP contribution in [-0.2, 0) is 10.9 Å². The third-order valence-corrected chi connectivity index (χ3v) is 3.75. The first-order valence-electron chi connectivity index (χ1n) is 6.28. The van der Waals surface area contributed by atoms with Crippen LogP contribution in [-0.4, -0.2) is 13.7 Å². The van der Waals surface area contributed by atoms with E-state index in [0.717, 1.165) is 24.5 Å². The van der Waals surface area contributed by atoms with Crippen molar-refractivity contribution in [2.75, 3.05) is 13.7 Å². The maximum absolute atomic E-state index is 13.2. The van der Waals surface area contributed by atoms with Gasteiger partial charge in [-0.1, -0.05) is 22.0 Å². The first-order chi connectivity index (χ1) is 9.43. The standard InChI is InChI=1S/C14H15BrF3NO/c1-19-13(9-3-2-6-20-8-9)11-5-4-10(15)7-12(11)14(16,17)18/h4-5,7-8,13,19H,2-3,6H2,1H3. The summed E-state index contributed by atoms with van der Waals surface area (Å²) in [7, 11) is 1.66. The molecule has 1 unspecified atom stereocenters. The quantitative estimate of drug-likeness (QED) is 0.871. The number of halogens is 4. The van der Waals surface area contributed by atoms with Gasteiger partial charge in [0.15, 0.2) is 0 Å². The van der Waals surface area contributed by atoms with Crippen molar-refractivity contribution in [1.29, 1.82) is 0 Å². The minimum absolute atomic E-state index is 0.222. The average Bonchev–Trinajstić information content (AvgIpc) is 2.41. The number of nitrogens with one attached hydrogen (secondary N) is 1. The number of hydrogen-bond donors (Lipinski definition) is 1. The van der Waals surface area contributed by atoms with Crippen LogP contribution in [0.4, 0.5) is 13.2 Å². The summed E-state index contributed by atoms with van der Waals surface area (Å²) in [6, 6.07) is 3.76. The molecule has 1 aliphatic heterocycles. The minimum atomic E-state index is -4.38. The Morgan fingerprint density at radius 3 is 2.65 bits per heavy atom. The monoisotopic (exact) mass is 349 g/mol. The molecule has 1 N–H and O–H groups in total. The fraction of sp³-hybridized carbons (Fsp3) is 0.429. The van der Waals surface area contributed by atoms with Crippen LogP contribution in [0.1, 0.15) is 30.0 Å². The summed E-state index contributed by atoms with van der Waals surface area (Å²) in [5.41, 5.74) is 0.434. The highest BCUT2D eigenvalue weighted by Crippen LogP contribution is 2.39. The molecule has 1 aromatic carbocycles. The van der Waals surface area contributed by atoms with Gasteiger partial charge in [0.25, 0.3) is 0 Å². The van der Waals surface area contributed by atoms with Crippen LogP contribution in [0.3, 0.4) is 0 Å². The normalized spacial score (nSPS) is 17.4. The lowest BCUT2D eigenvalue weighted by molar-refractivity contribution is -0.138. The van der Waals surface area contributed by atoms with E-state index in [4.69, 9.17) is 4.74 Å². The predicted molar refractivity (Wildman–Crippen MR) is 74.2 cm³/mol. The van der Waals surface area contributed by atoms with Crippen LogP contribution in [0, 0.1) is 0 Å². The molecule has 2 rings (SSSR count). The second kappa shape index (κ2) is 6.18. The molecule has 2 nitrogen and oxygen atoms in total. The summed E-state index contributed by atoms with van der Waals surface area (Å²) in [4.78, 5) is 0. The third-order valence-electron chi connectivity index (χ3n) is 3.25. The van der Waals surface area contributed by atoms with Gasteiger partial charge >= 0.3 is 6.18 Å². The van der Waals surface area contributed by atoms with E-state index in [1.807, 2.05) is 0 Å². The van der Waals surface area contributed by atoms with Crippen molar-refractivity contribution in [3.63, 3.8) is 0 Å². The van der Waals surface area contributed by atoms with E-state index in [0.29, 0.717) is 11.1 Å². The third kappa shape index (κ3) is 3.35. The largest absolute Gasteiger partial charge is 0.501 e. The van der Waals surface area contributed by atoms with Gasteiger partial charge in [0.1, 0.15) is 0 Å². The van der Waals surface area contributed by atoms with Crippen LogP contribution < -0.4 is 5.32 Å². The summed E-state index contributed by atoms with van der Waals surface area (Å²) in [6.07, 6.45) is -1.25. The number of benzene rings is 1. The maximum Gasteiger partial charge on any atom is 0.416 e. The molecular formula is C14H15BrF3NO. The minimum Gasteiger partial charge on any atom is -0.501 e. The highest BCUT2D eigenvalue weighted by Gasteiger charge is 2.36. The van der Waals surface area contributed by atoms with Crippen molar-refractivity contribution in [3.8, 4) is 0 Å². The smallest absolute Gasteiger partial charge is 0.416 e. The van der Waals surface area contributed by atoms with Gasteiger partial charge < -0.3 is 10.1 Å². The van der Waals surface area contributed by atoms with E-state index in [2.05, 4.69) is 21.2 Å². The van der Waals surface area contributed by atoms with Crippen molar-refractivity contribution in [1.82, 2.24) is 5.32 Å². The van der Waals surface area contributed by atoms with E-state index in [-0.39, 0.29) is 5.56 Å². The van der Waals surface area contributed by atoms with Gasteiger partial charge in [0.2, 0.25) is 0 Å². The Kier molecular flexibility index (Phi) is 4.75. The zero-order chi connectivity index (χ0) is 14.8. The average molecular weight is 350 g/mol. The lowest BCUT2D eigenvalue weighted by atomic mass is 9.92. The molecule has 1 aliphatic rings. The molecule has 1 heterocycles. The van der Waals surface area contributed by atoms with E-state index in [1.54, 1.807) is 19.4 Å². The highest BCUT2D eigenvalue weighted by molar-refractivity contribution is 9.10. The Bertz CT molecular complexity index is 514. The number of ether oxygens (including phenoxy) is 1. The Morgan fingerprint density at radius 2 is 2.10 bits per heavy atom. The highest BCUT2D eigenvalue weighted by atomic mass is 79.9. The summed E-state index contributed by atoms with van der Waals surface area (Å²) in [6.45, 7) is 0.617. The van der Waals surface area contributed by atoms with Gasteiger partial charge in [-0.3, -0.25) is 0 Å². The zero-order valence-electron chi connectivity index (χ0n) is 10.9. The number of rotatable bonds is 3. The van der Waals surface area contributed by atoms with Gasteiger partial charge in [0.05, 0.1) is 24.5 Å². The molecule has 0 saturated heterocycles. The Morgan fingerprint density at radius 1 is 1.35 bits per heavy atom. The Balaban J connectivity index is 2.46. The van der Waals surface area contributed by atoms with Crippen molar-refractivity contribution >= 4 is 15.9 Å². The maximum atomic E-state index is 13.2. The molecule has 0 aliphatic carbocycles. The van der Waals surface area contributed by atoms with E-state index in [9.17, 15) is 13.2 Å². The number of likely N-dealkylation sites (N-methyl/N-ethyl adjacent to an activating group) is 1. The number of alkyl halides is 3. The van der Waals surface area contributed by atoms with E-state index < -0.39 is 17.8 Å². The van der Waals surface area contributed by atoms with E-state index >= 15 is 0 Å². The molecular weight excluding hydrogens is 335 g/mol. The zero-order valence-corrected chi connectivity index (χ0v) is 12.5. The number of hydrogen-bond acceptors (Lipinski definition) is 2. The summed E-state index contributed by atoms with van der Waals surface area (Å²) in [5.74, 6) is 0. The topological polar surface area (TPSA) is 21.3 Å². The lowest BCUT2D eigenvalue weighted by Crippen LogP contribution is -2.24. The molecule has 110 valence electrons. The summed E-state index contributed by atoms with van der Waals surface area (Å²) in [5, 5.41) is 2.96. The van der Waals surface area contributed by atoms with Crippen LogP contribution in [0.25, 0.3) is 0 Å². The van der Waals surface area contributed by atoms with Crippen LogP contribution >= 0.6 is 15.9 Å². The van der Waals surface area contributed by atoms with E-state index in [1.165, 1.54) is 6.07 Å². The molecule has 20 heavy (non-hydrogen) atoms. The fourth-order valence-electron chi connectivity index (χ4n) is 2.36. The summed E-state index contributed by atoms with van der Waals surface area (Å²) >= 11 is 3.10. The molecule has 0 aromatic heterocycles. The summed E-state index contributed by atoms with van der Waals surface area (Å²) < 4.78 is 45.2. The van der Waals surface area contributed by atoms with Gasteiger partial charge in [-0.25, -0.2) is 0 Å². The second-order valence-corrected chi connectivity index (χ2v) is 5.53. The van der Waals surface area contributed by atoms with Gasteiger partial charge in [-0.2, -0.15) is 13.2 Å². The van der Waals surface area contributed by atoms with Gasteiger partial charge in [-0.05, 0) is 43.2 Å². The molecule has 0 spiro atoms. The molecule has 1 aromatic rings.